The molecule has 0 saturated heterocycles. The van der Waals surface area contributed by atoms with Crippen molar-refractivity contribution in [3.05, 3.63) is 0 Å². The molecule has 3 N–H and O–H groups in total. The van der Waals surface area contributed by atoms with Crippen LogP contribution in [0.25, 0.3) is 0 Å². The van der Waals surface area contributed by atoms with E-state index in [1.165, 1.54) is 32.1 Å². The number of rotatable bonds is 5. The van der Waals surface area contributed by atoms with Gasteiger partial charge in [-0.25, -0.2) is 0 Å². The lowest BCUT2D eigenvalue weighted by atomic mass is 9.77. The molecule has 1 unspecified atom stereocenters. The van der Waals surface area contributed by atoms with Crippen LogP contribution in [0.1, 0.15) is 39.0 Å². The van der Waals surface area contributed by atoms with Gasteiger partial charge < -0.3 is 4.74 Å². The van der Waals surface area contributed by atoms with Crippen LogP contribution in [-0.2, 0) is 4.74 Å². The highest BCUT2D eigenvalue weighted by molar-refractivity contribution is 4.92. The summed E-state index contributed by atoms with van der Waals surface area (Å²) in [6.45, 7) is 2.98. The van der Waals surface area contributed by atoms with E-state index >= 15 is 0 Å². The van der Waals surface area contributed by atoms with Crippen LogP contribution in [0.15, 0.2) is 0 Å². The minimum atomic E-state index is 0.324. The molecule has 0 spiro atoms. The van der Waals surface area contributed by atoms with Gasteiger partial charge in [0, 0.05) is 7.11 Å². The Labute approximate surface area is 81.0 Å². The molecule has 0 bridgehead atoms. The molecule has 1 saturated carbocycles. The zero-order valence-electron chi connectivity index (χ0n) is 8.81. The Bertz CT molecular complexity index is 144. The maximum Gasteiger partial charge on any atom is 0.0634 e. The Hall–Kier alpha value is -0.120. The molecule has 0 heterocycles. The van der Waals surface area contributed by atoms with E-state index in [4.69, 9.17) is 10.6 Å². The van der Waals surface area contributed by atoms with Gasteiger partial charge in [0.2, 0.25) is 0 Å². The number of hydrazine groups is 1. The van der Waals surface area contributed by atoms with E-state index in [1.54, 1.807) is 7.11 Å². The third-order valence-corrected chi connectivity index (χ3v) is 3.58. The van der Waals surface area contributed by atoms with Crippen LogP contribution in [0.5, 0.6) is 0 Å². The molecule has 1 aliphatic rings. The van der Waals surface area contributed by atoms with Gasteiger partial charge in [-0.3, -0.25) is 11.3 Å². The number of hydrogen-bond donors (Lipinski definition) is 2. The second-order valence-corrected chi connectivity index (χ2v) is 4.10. The Balaban J connectivity index is 2.60. The van der Waals surface area contributed by atoms with Crippen LogP contribution in [0.3, 0.4) is 0 Å². The summed E-state index contributed by atoms with van der Waals surface area (Å²) < 4.78 is 5.19. The fourth-order valence-corrected chi connectivity index (χ4v) is 2.60. The lowest BCUT2D eigenvalue weighted by molar-refractivity contribution is 0.0853. The van der Waals surface area contributed by atoms with Gasteiger partial charge in [-0.1, -0.05) is 19.8 Å². The van der Waals surface area contributed by atoms with E-state index < -0.39 is 0 Å². The molecule has 1 aliphatic carbocycles. The van der Waals surface area contributed by atoms with Crippen molar-refractivity contribution in [3.8, 4) is 0 Å². The molecular formula is C10H22N2O. The molecule has 0 aromatic rings. The first-order valence-electron chi connectivity index (χ1n) is 5.24. The third-order valence-electron chi connectivity index (χ3n) is 3.58. The van der Waals surface area contributed by atoms with Gasteiger partial charge in [0.05, 0.1) is 12.6 Å². The second-order valence-electron chi connectivity index (χ2n) is 4.10. The van der Waals surface area contributed by atoms with Crippen molar-refractivity contribution in [3.63, 3.8) is 0 Å². The Morgan fingerprint density at radius 3 is 2.46 bits per heavy atom. The van der Waals surface area contributed by atoms with Gasteiger partial charge in [-0.05, 0) is 24.7 Å². The number of hydrogen-bond acceptors (Lipinski definition) is 3. The molecule has 1 atom stereocenters. The summed E-state index contributed by atoms with van der Waals surface area (Å²) in [6, 6.07) is 0.324. The average Bonchev–Trinajstić information content (AvgIpc) is 2.63. The fraction of sp³-hybridized carbons (Fsp3) is 1.00. The quantitative estimate of drug-likeness (QED) is 0.504. The fourth-order valence-electron chi connectivity index (χ4n) is 2.60. The molecule has 13 heavy (non-hydrogen) atoms. The molecule has 1 rings (SSSR count). The summed E-state index contributed by atoms with van der Waals surface area (Å²) in [5, 5.41) is 0. The van der Waals surface area contributed by atoms with Crippen molar-refractivity contribution in [1.82, 2.24) is 5.43 Å². The largest absolute Gasteiger partial charge is 0.383 e. The first-order chi connectivity index (χ1) is 6.29. The predicted molar refractivity (Wildman–Crippen MR) is 54.2 cm³/mol. The summed E-state index contributed by atoms with van der Waals surface area (Å²) in [7, 11) is 1.74. The first kappa shape index (κ1) is 11.0. The molecule has 3 nitrogen and oxygen atoms in total. The maximum absolute atomic E-state index is 5.57. The zero-order valence-corrected chi connectivity index (χ0v) is 8.81. The molecule has 1 fully saturated rings. The third kappa shape index (κ3) is 2.22. The minimum absolute atomic E-state index is 0.324. The lowest BCUT2D eigenvalue weighted by Crippen LogP contribution is -2.49. The van der Waals surface area contributed by atoms with E-state index in [9.17, 15) is 0 Å². The number of nitrogens with one attached hydrogen (secondary N) is 1. The SMILES string of the molecule is CCC1(C(COC)NN)CCCC1. The standard InChI is InChI=1S/C10H22N2O/c1-3-10(6-4-5-7-10)9(12-11)8-13-2/h9,12H,3-8,11H2,1-2H3. The van der Waals surface area contributed by atoms with Crippen molar-refractivity contribution in [1.29, 1.82) is 0 Å². The van der Waals surface area contributed by atoms with Gasteiger partial charge >= 0.3 is 0 Å². The summed E-state index contributed by atoms with van der Waals surface area (Å²) in [5.41, 5.74) is 3.31. The van der Waals surface area contributed by atoms with Crippen molar-refractivity contribution in [2.24, 2.45) is 11.3 Å². The molecule has 3 heteroatoms. The van der Waals surface area contributed by atoms with Gasteiger partial charge in [-0.2, -0.15) is 0 Å². The maximum atomic E-state index is 5.57. The van der Waals surface area contributed by atoms with Crippen LogP contribution in [0, 0.1) is 5.41 Å². The number of ether oxygens (including phenoxy) is 1. The van der Waals surface area contributed by atoms with Crippen LogP contribution in [-0.4, -0.2) is 19.8 Å². The van der Waals surface area contributed by atoms with Crippen molar-refractivity contribution in [2.45, 2.75) is 45.1 Å². The van der Waals surface area contributed by atoms with Crippen molar-refractivity contribution >= 4 is 0 Å². The number of methoxy groups -OCH3 is 1. The smallest absolute Gasteiger partial charge is 0.0634 e. The van der Waals surface area contributed by atoms with Crippen LogP contribution in [0.4, 0.5) is 0 Å². The molecule has 0 aliphatic heterocycles. The molecule has 0 radical (unpaired) electrons. The lowest BCUT2D eigenvalue weighted by Gasteiger charge is -2.36. The molecular weight excluding hydrogens is 164 g/mol. The highest BCUT2D eigenvalue weighted by Gasteiger charge is 2.39. The topological polar surface area (TPSA) is 47.3 Å². The Kier molecular flexibility index (Phi) is 4.16. The summed E-state index contributed by atoms with van der Waals surface area (Å²) >= 11 is 0. The van der Waals surface area contributed by atoms with Crippen LogP contribution in [0.2, 0.25) is 0 Å². The normalized spacial score (nSPS) is 23.3. The van der Waals surface area contributed by atoms with Gasteiger partial charge in [0.25, 0.3) is 0 Å². The monoisotopic (exact) mass is 186 g/mol. The van der Waals surface area contributed by atoms with Crippen LogP contribution < -0.4 is 11.3 Å². The second kappa shape index (κ2) is 4.94. The average molecular weight is 186 g/mol. The molecule has 0 amide bonds. The van der Waals surface area contributed by atoms with Crippen molar-refractivity contribution in [2.75, 3.05) is 13.7 Å². The Morgan fingerprint density at radius 1 is 1.46 bits per heavy atom. The zero-order chi connectivity index (χ0) is 9.73. The molecule has 78 valence electrons. The van der Waals surface area contributed by atoms with E-state index in [-0.39, 0.29) is 0 Å². The Morgan fingerprint density at radius 2 is 2.08 bits per heavy atom. The van der Waals surface area contributed by atoms with Gasteiger partial charge in [-0.15, -0.1) is 0 Å². The van der Waals surface area contributed by atoms with Gasteiger partial charge in [0.1, 0.15) is 0 Å². The van der Waals surface area contributed by atoms with E-state index in [0.29, 0.717) is 11.5 Å². The van der Waals surface area contributed by atoms with E-state index in [1.807, 2.05) is 0 Å². The molecule has 0 aromatic heterocycles. The predicted octanol–water partition coefficient (Wildman–Crippen LogP) is 1.44. The summed E-state index contributed by atoms with van der Waals surface area (Å²) in [4.78, 5) is 0. The summed E-state index contributed by atoms with van der Waals surface area (Å²) in [5.74, 6) is 5.57. The summed E-state index contributed by atoms with van der Waals surface area (Å²) in [6.07, 6.45) is 6.47. The molecule has 0 aromatic carbocycles. The highest BCUT2D eigenvalue weighted by Crippen LogP contribution is 2.43. The van der Waals surface area contributed by atoms with E-state index in [0.717, 1.165) is 6.61 Å². The number of nitrogens with two attached hydrogens (primary N) is 1. The highest BCUT2D eigenvalue weighted by atomic mass is 16.5. The first-order valence-corrected chi connectivity index (χ1v) is 5.24. The van der Waals surface area contributed by atoms with Gasteiger partial charge in [0.15, 0.2) is 0 Å². The minimum Gasteiger partial charge on any atom is -0.383 e. The van der Waals surface area contributed by atoms with E-state index in [2.05, 4.69) is 12.3 Å². The van der Waals surface area contributed by atoms with Crippen LogP contribution >= 0.6 is 0 Å². The van der Waals surface area contributed by atoms with Crippen molar-refractivity contribution < 1.29 is 4.74 Å².